The number of hydrogen-bond donors (Lipinski definition) is 1. The van der Waals surface area contributed by atoms with Gasteiger partial charge < -0.3 is 9.95 Å². The standard InChI is InChI=1S/C16H21F3N2O/c1-16(2,3)21(9-5-8-20-4)10-13(22)11-6-7-12(17)15(19)14(11)18/h6-7,13,22H,5,8-10H2,1-3H3/t13-/m1/s1. The molecule has 0 aliphatic rings. The van der Waals surface area contributed by atoms with Gasteiger partial charge in [-0.05, 0) is 26.8 Å². The summed E-state index contributed by atoms with van der Waals surface area (Å²) in [7, 11) is 0. The highest BCUT2D eigenvalue weighted by Gasteiger charge is 2.26. The van der Waals surface area contributed by atoms with Gasteiger partial charge in [-0.2, -0.15) is 0 Å². The maximum atomic E-state index is 13.7. The summed E-state index contributed by atoms with van der Waals surface area (Å²) >= 11 is 0. The van der Waals surface area contributed by atoms with Crippen molar-refractivity contribution in [1.29, 1.82) is 0 Å². The van der Waals surface area contributed by atoms with Crippen LogP contribution in [0.1, 0.15) is 38.9 Å². The molecule has 0 saturated carbocycles. The third kappa shape index (κ3) is 4.72. The van der Waals surface area contributed by atoms with Crippen molar-refractivity contribution in [2.75, 3.05) is 19.6 Å². The molecule has 22 heavy (non-hydrogen) atoms. The molecule has 0 bridgehead atoms. The van der Waals surface area contributed by atoms with Crippen LogP contribution in [0, 0.1) is 24.0 Å². The zero-order valence-electron chi connectivity index (χ0n) is 13.0. The maximum absolute atomic E-state index is 13.7. The van der Waals surface area contributed by atoms with Crippen LogP contribution >= 0.6 is 0 Å². The molecule has 0 unspecified atom stereocenters. The van der Waals surface area contributed by atoms with Crippen LogP contribution in [0.2, 0.25) is 0 Å². The number of aliphatic hydroxyl groups excluding tert-OH is 1. The molecular formula is C16H21F3N2O. The average Bonchev–Trinajstić information content (AvgIpc) is 2.42. The maximum Gasteiger partial charge on any atom is 0.215 e. The third-order valence-electron chi connectivity index (χ3n) is 3.46. The van der Waals surface area contributed by atoms with Gasteiger partial charge in [-0.3, -0.25) is 4.90 Å². The third-order valence-corrected chi connectivity index (χ3v) is 3.46. The summed E-state index contributed by atoms with van der Waals surface area (Å²) in [6.45, 7) is 13.6. The summed E-state index contributed by atoms with van der Waals surface area (Å²) in [5, 5.41) is 10.2. The van der Waals surface area contributed by atoms with E-state index in [9.17, 15) is 18.3 Å². The lowest BCUT2D eigenvalue weighted by molar-refractivity contribution is 0.0560. The van der Waals surface area contributed by atoms with Crippen molar-refractivity contribution < 1.29 is 18.3 Å². The van der Waals surface area contributed by atoms with E-state index in [-0.39, 0.29) is 17.6 Å². The number of nitrogens with zero attached hydrogens (tertiary/aromatic N) is 2. The second-order valence-corrected chi connectivity index (χ2v) is 6.13. The van der Waals surface area contributed by atoms with Gasteiger partial charge in [-0.15, -0.1) is 0 Å². The first kappa shape index (κ1) is 18.5. The Hall–Kier alpha value is -1.58. The molecule has 0 aliphatic heterocycles. The average molecular weight is 314 g/mol. The minimum Gasteiger partial charge on any atom is -0.387 e. The molecule has 0 aliphatic carbocycles. The smallest absolute Gasteiger partial charge is 0.215 e. The molecule has 0 aromatic heterocycles. The van der Waals surface area contributed by atoms with Gasteiger partial charge in [-0.1, -0.05) is 6.07 Å². The van der Waals surface area contributed by atoms with Crippen LogP contribution in [0.15, 0.2) is 12.1 Å². The predicted molar refractivity (Wildman–Crippen MR) is 78.7 cm³/mol. The largest absolute Gasteiger partial charge is 0.387 e. The number of halogens is 3. The highest BCUT2D eigenvalue weighted by atomic mass is 19.2. The molecule has 1 rings (SSSR count). The Morgan fingerprint density at radius 3 is 2.41 bits per heavy atom. The topological polar surface area (TPSA) is 27.8 Å². The van der Waals surface area contributed by atoms with Crippen LogP contribution in [-0.4, -0.2) is 35.2 Å². The number of rotatable bonds is 6. The number of β-amino-alcohol motifs (C(OH)–C–C–N with tert-alkyl or cyclic N) is 1. The van der Waals surface area contributed by atoms with E-state index in [1.807, 2.05) is 25.7 Å². The second-order valence-electron chi connectivity index (χ2n) is 6.13. The molecule has 0 amide bonds. The number of benzene rings is 1. The molecule has 6 heteroatoms. The van der Waals surface area contributed by atoms with Gasteiger partial charge in [0.1, 0.15) is 0 Å². The Morgan fingerprint density at radius 2 is 1.86 bits per heavy atom. The van der Waals surface area contributed by atoms with Crippen LogP contribution in [0.3, 0.4) is 0 Å². The quantitative estimate of drug-likeness (QED) is 0.494. The highest BCUT2D eigenvalue weighted by molar-refractivity contribution is 5.22. The SMILES string of the molecule is [C-]#[N+]CCCN(C[C@@H](O)c1ccc(F)c(F)c1F)C(C)(C)C. The van der Waals surface area contributed by atoms with E-state index in [1.165, 1.54) is 0 Å². The van der Waals surface area contributed by atoms with Crippen molar-refractivity contribution in [3.05, 3.63) is 46.6 Å². The van der Waals surface area contributed by atoms with Crippen LogP contribution in [0.4, 0.5) is 13.2 Å². The fourth-order valence-corrected chi connectivity index (χ4v) is 2.15. The Labute approximate surface area is 129 Å². The first-order valence-electron chi connectivity index (χ1n) is 7.08. The van der Waals surface area contributed by atoms with E-state index in [1.54, 1.807) is 0 Å². The Bertz CT molecular complexity index is 550. The molecule has 3 nitrogen and oxygen atoms in total. The summed E-state index contributed by atoms with van der Waals surface area (Å²) in [6, 6.07) is 1.86. The second kappa shape index (κ2) is 7.61. The molecule has 0 heterocycles. The summed E-state index contributed by atoms with van der Waals surface area (Å²) in [5.41, 5.74) is -0.573. The summed E-state index contributed by atoms with van der Waals surface area (Å²) < 4.78 is 39.9. The van der Waals surface area contributed by atoms with Crippen molar-refractivity contribution in [2.45, 2.75) is 38.8 Å². The van der Waals surface area contributed by atoms with Crippen molar-refractivity contribution in [3.63, 3.8) is 0 Å². The van der Waals surface area contributed by atoms with Gasteiger partial charge in [0.05, 0.1) is 6.10 Å². The molecule has 0 fully saturated rings. The minimum atomic E-state index is -1.58. The molecule has 1 atom stereocenters. The molecule has 0 saturated heterocycles. The van der Waals surface area contributed by atoms with E-state index in [4.69, 9.17) is 6.57 Å². The number of aliphatic hydroxyl groups is 1. The fourth-order valence-electron chi connectivity index (χ4n) is 2.15. The molecule has 1 N–H and O–H groups in total. The zero-order chi connectivity index (χ0) is 16.9. The van der Waals surface area contributed by atoms with Crippen LogP contribution < -0.4 is 0 Å². The van der Waals surface area contributed by atoms with Crippen molar-refractivity contribution in [1.82, 2.24) is 4.90 Å². The van der Waals surface area contributed by atoms with Gasteiger partial charge in [0.25, 0.3) is 0 Å². The zero-order valence-corrected chi connectivity index (χ0v) is 13.0. The molecule has 0 spiro atoms. The van der Waals surface area contributed by atoms with E-state index in [2.05, 4.69) is 4.85 Å². The summed E-state index contributed by atoms with van der Waals surface area (Å²) in [4.78, 5) is 5.16. The Balaban J connectivity index is 2.89. The lowest BCUT2D eigenvalue weighted by Gasteiger charge is -2.36. The van der Waals surface area contributed by atoms with E-state index < -0.39 is 23.6 Å². The lowest BCUT2D eigenvalue weighted by atomic mass is 10.0. The predicted octanol–water partition coefficient (Wildman–Crippen LogP) is 3.55. The van der Waals surface area contributed by atoms with Crippen LogP contribution in [-0.2, 0) is 0 Å². The summed E-state index contributed by atoms with van der Waals surface area (Å²) in [5.74, 6) is -4.22. The van der Waals surface area contributed by atoms with E-state index in [0.29, 0.717) is 19.5 Å². The van der Waals surface area contributed by atoms with Gasteiger partial charge in [0.15, 0.2) is 17.5 Å². The highest BCUT2D eigenvalue weighted by Crippen LogP contribution is 2.24. The first-order chi connectivity index (χ1) is 10.2. The van der Waals surface area contributed by atoms with Crippen LogP contribution in [0.25, 0.3) is 4.85 Å². The monoisotopic (exact) mass is 314 g/mol. The molecular weight excluding hydrogens is 293 g/mol. The lowest BCUT2D eigenvalue weighted by Crippen LogP contribution is -2.44. The van der Waals surface area contributed by atoms with Gasteiger partial charge in [0, 0.05) is 30.6 Å². The summed E-state index contributed by atoms with van der Waals surface area (Å²) in [6.07, 6.45) is -0.657. The molecule has 0 radical (unpaired) electrons. The van der Waals surface area contributed by atoms with Crippen molar-refractivity contribution in [3.8, 4) is 0 Å². The normalized spacial score (nSPS) is 13.2. The molecule has 1 aromatic carbocycles. The first-order valence-corrected chi connectivity index (χ1v) is 7.08. The van der Waals surface area contributed by atoms with Crippen LogP contribution in [0.5, 0.6) is 0 Å². The van der Waals surface area contributed by atoms with Gasteiger partial charge >= 0.3 is 0 Å². The van der Waals surface area contributed by atoms with Gasteiger partial charge in [0.2, 0.25) is 6.54 Å². The fraction of sp³-hybridized carbons (Fsp3) is 0.562. The van der Waals surface area contributed by atoms with Crippen molar-refractivity contribution >= 4 is 0 Å². The van der Waals surface area contributed by atoms with Gasteiger partial charge in [-0.25, -0.2) is 19.7 Å². The molecule has 122 valence electrons. The molecule has 1 aromatic rings. The van der Waals surface area contributed by atoms with Crippen molar-refractivity contribution in [2.24, 2.45) is 0 Å². The van der Waals surface area contributed by atoms with E-state index >= 15 is 0 Å². The Kier molecular flexibility index (Phi) is 6.39. The Morgan fingerprint density at radius 1 is 1.23 bits per heavy atom. The minimum absolute atomic E-state index is 0.0729. The number of hydrogen-bond acceptors (Lipinski definition) is 2. The van der Waals surface area contributed by atoms with E-state index in [0.717, 1.165) is 12.1 Å².